The molecular formula is C11H22F3N3. The third-order valence-corrected chi connectivity index (χ3v) is 3.24. The number of nitrogens with zero attached hydrogens (tertiary/aromatic N) is 2. The van der Waals surface area contributed by atoms with Gasteiger partial charge in [0, 0.05) is 32.2 Å². The van der Waals surface area contributed by atoms with Crippen molar-refractivity contribution in [2.45, 2.75) is 25.6 Å². The lowest BCUT2D eigenvalue weighted by atomic mass is 10.2. The van der Waals surface area contributed by atoms with Gasteiger partial charge in [0.1, 0.15) is 0 Å². The summed E-state index contributed by atoms with van der Waals surface area (Å²) < 4.78 is 36.5. The Morgan fingerprint density at radius 1 is 1.12 bits per heavy atom. The molecule has 1 atom stereocenters. The van der Waals surface area contributed by atoms with Crippen molar-refractivity contribution in [3.05, 3.63) is 0 Å². The van der Waals surface area contributed by atoms with Crippen molar-refractivity contribution in [1.82, 2.24) is 15.1 Å². The molecular weight excluding hydrogens is 231 g/mol. The highest BCUT2D eigenvalue weighted by Gasteiger charge is 2.31. The van der Waals surface area contributed by atoms with Gasteiger partial charge in [-0.3, -0.25) is 4.90 Å². The van der Waals surface area contributed by atoms with Crippen LogP contribution < -0.4 is 5.32 Å². The minimum Gasteiger partial charge on any atom is -0.317 e. The number of hydrogen-bond donors (Lipinski definition) is 1. The predicted molar refractivity (Wildman–Crippen MR) is 62.1 cm³/mol. The van der Waals surface area contributed by atoms with E-state index in [1.165, 1.54) is 4.90 Å². The number of hydrogen-bond acceptors (Lipinski definition) is 3. The molecule has 0 bridgehead atoms. The molecule has 102 valence electrons. The highest BCUT2D eigenvalue weighted by Crippen LogP contribution is 2.17. The molecule has 17 heavy (non-hydrogen) atoms. The first-order chi connectivity index (χ1) is 7.90. The summed E-state index contributed by atoms with van der Waals surface area (Å²) in [6, 6.07) is 0.461. The first kappa shape index (κ1) is 14.7. The molecule has 1 saturated heterocycles. The Hall–Kier alpha value is -0.330. The highest BCUT2D eigenvalue weighted by molar-refractivity contribution is 4.74. The van der Waals surface area contributed by atoms with E-state index in [2.05, 4.69) is 17.1 Å². The molecule has 1 rings (SSSR count). The van der Waals surface area contributed by atoms with Crippen LogP contribution in [-0.4, -0.2) is 68.3 Å². The van der Waals surface area contributed by atoms with E-state index in [1.807, 2.05) is 7.05 Å². The first-order valence-corrected chi connectivity index (χ1v) is 6.09. The number of alkyl halides is 3. The van der Waals surface area contributed by atoms with E-state index in [0.717, 1.165) is 26.1 Å². The molecule has 0 amide bonds. The number of piperazine rings is 1. The fraction of sp³-hybridized carbons (Fsp3) is 1.00. The van der Waals surface area contributed by atoms with Gasteiger partial charge >= 0.3 is 6.18 Å². The largest absolute Gasteiger partial charge is 0.401 e. The van der Waals surface area contributed by atoms with Crippen LogP contribution in [0, 0.1) is 0 Å². The summed E-state index contributed by atoms with van der Waals surface area (Å²) in [4.78, 5) is 3.72. The van der Waals surface area contributed by atoms with Crippen LogP contribution in [0.25, 0.3) is 0 Å². The second-order valence-electron chi connectivity index (χ2n) is 4.71. The molecule has 0 saturated carbocycles. The van der Waals surface area contributed by atoms with Crippen molar-refractivity contribution in [3.63, 3.8) is 0 Å². The van der Waals surface area contributed by atoms with Crippen molar-refractivity contribution in [1.29, 1.82) is 0 Å². The average Bonchev–Trinajstić information content (AvgIpc) is 2.25. The monoisotopic (exact) mass is 253 g/mol. The van der Waals surface area contributed by atoms with E-state index in [4.69, 9.17) is 0 Å². The van der Waals surface area contributed by atoms with Crippen LogP contribution >= 0.6 is 0 Å². The SMILES string of the molecule is CNC(C)CCN1CCN(CC(F)(F)F)CC1. The van der Waals surface area contributed by atoms with Crippen molar-refractivity contribution in [2.24, 2.45) is 0 Å². The summed E-state index contributed by atoms with van der Waals surface area (Å²) in [5, 5.41) is 3.16. The molecule has 1 aliphatic heterocycles. The van der Waals surface area contributed by atoms with Crippen LogP contribution in [-0.2, 0) is 0 Å². The van der Waals surface area contributed by atoms with E-state index in [9.17, 15) is 13.2 Å². The van der Waals surface area contributed by atoms with Gasteiger partial charge in [0.05, 0.1) is 6.54 Å². The lowest BCUT2D eigenvalue weighted by Crippen LogP contribution is -2.49. The standard InChI is InChI=1S/C11H22F3N3/c1-10(15-2)3-4-16-5-7-17(8-6-16)9-11(12,13)14/h10,15H,3-9H2,1-2H3. The Labute approximate surface area is 101 Å². The normalized spacial score (nSPS) is 21.7. The number of halogens is 3. The summed E-state index contributed by atoms with van der Waals surface area (Å²) in [5.74, 6) is 0. The molecule has 1 N–H and O–H groups in total. The van der Waals surface area contributed by atoms with Crippen molar-refractivity contribution >= 4 is 0 Å². The zero-order valence-electron chi connectivity index (χ0n) is 10.6. The zero-order chi connectivity index (χ0) is 12.9. The van der Waals surface area contributed by atoms with Crippen molar-refractivity contribution in [3.8, 4) is 0 Å². The molecule has 1 heterocycles. The smallest absolute Gasteiger partial charge is 0.317 e. The molecule has 0 aromatic carbocycles. The third-order valence-electron chi connectivity index (χ3n) is 3.24. The molecule has 0 aliphatic carbocycles. The molecule has 0 spiro atoms. The van der Waals surface area contributed by atoms with Crippen LogP contribution in [0.4, 0.5) is 13.2 Å². The average molecular weight is 253 g/mol. The number of rotatable bonds is 5. The summed E-state index contributed by atoms with van der Waals surface area (Å²) in [5.41, 5.74) is 0. The van der Waals surface area contributed by atoms with Gasteiger partial charge in [0.25, 0.3) is 0 Å². The maximum absolute atomic E-state index is 12.2. The molecule has 3 nitrogen and oxygen atoms in total. The maximum atomic E-state index is 12.2. The topological polar surface area (TPSA) is 18.5 Å². The lowest BCUT2D eigenvalue weighted by Gasteiger charge is -2.35. The molecule has 1 unspecified atom stereocenters. The van der Waals surface area contributed by atoms with Crippen LogP contribution in [0.3, 0.4) is 0 Å². The Bertz CT molecular complexity index is 212. The quantitative estimate of drug-likeness (QED) is 0.793. The summed E-state index contributed by atoms with van der Waals surface area (Å²) in [6.45, 7) is 4.83. The van der Waals surface area contributed by atoms with Gasteiger partial charge in [0.2, 0.25) is 0 Å². The van der Waals surface area contributed by atoms with E-state index < -0.39 is 12.7 Å². The van der Waals surface area contributed by atoms with Crippen LogP contribution in [0.15, 0.2) is 0 Å². The molecule has 6 heteroatoms. The Morgan fingerprint density at radius 3 is 2.12 bits per heavy atom. The summed E-state index contributed by atoms with van der Waals surface area (Å²) in [6.07, 6.45) is -3.03. The third kappa shape index (κ3) is 6.24. The van der Waals surface area contributed by atoms with E-state index in [1.54, 1.807) is 0 Å². The lowest BCUT2D eigenvalue weighted by molar-refractivity contribution is -0.149. The van der Waals surface area contributed by atoms with E-state index in [-0.39, 0.29) is 0 Å². The minimum absolute atomic E-state index is 0.461. The van der Waals surface area contributed by atoms with Gasteiger partial charge in [-0.2, -0.15) is 13.2 Å². The molecule has 0 aromatic rings. The first-order valence-electron chi connectivity index (χ1n) is 6.09. The van der Waals surface area contributed by atoms with Crippen molar-refractivity contribution < 1.29 is 13.2 Å². The van der Waals surface area contributed by atoms with Gasteiger partial charge in [0.15, 0.2) is 0 Å². The van der Waals surface area contributed by atoms with E-state index >= 15 is 0 Å². The Morgan fingerprint density at radius 2 is 1.65 bits per heavy atom. The summed E-state index contributed by atoms with van der Waals surface area (Å²) >= 11 is 0. The Balaban J connectivity index is 2.17. The van der Waals surface area contributed by atoms with Crippen molar-refractivity contribution in [2.75, 3.05) is 46.3 Å². The van der Waals surface area contributed by atoms with Gasteiger partial charge in [-0.05, 0) is 26.9 Å². The maximum Gasteiger partial charge on any atom is 0.401 e. The fourth-order valence-electron chi connectivity index (χ4n) is 1.95. The highest BCUT2D eigenvalue weighted by atomic mass is 19.4. The summed E-state index contributed by atoms with van der Waals surface area (Å²) in [7, 11) is 1.92. The predicted octanol–water partition coefficient (Wildman–Crippen LogP) is 1.16. The van der Waals surface area contributed by atoms with Gasteiger partial charge in [-0.25, -0.2) is 0 Å². The second kappa shape index (κ2) is 6.56. The van der Waals surface area contributed by atoms with E-state index in [0.29, 0.717) is 19.1 Å². The minimum atomic E-state index is -4.07. The molecule has 0 aromatic heterocycles. The van der Waals surface area contributed by atoms with Gasteiger partial charge < -0.3 is 10.2 Å². The van der Waals surface area contributed by atoms with Crippen LogP contribution in [0.5, 0.6) is 0 Å². The van der Waals surface area contributed by atoms with Crippen LogP contribution in [0.1, 0.15) is 13.3 Å². The zero-order valence-corrected chi connectivity index (χ0v) is 10.6. The number of nitrogens with one attached hydrogen (secondary N) is 1. The van der Waals surface area contributed by atoms with Crippen LogP contribution in [0.2, 0.25) is 0 Å². The van der Waals surface area contributed by atoms with Gasteiger partial charge in [-0.15, -0.1) is 0 Å². The molecule has 1 aliphatic rings. The van der Waals surface area contributed by atoms with Gasteiger partial charge in [-0.1, -0.05) is 0 Å². The Kier molecular flexibility index (Phi) is 5.69. The second-order valence-corrected chi connectivity index (χ2v) is 4.71. The molecule has 0 radical (unpaired) electrons. The fourth-order valence-corrected chi connectivity index (χ4v) is 1.95. The molecule has 1 fully saturated rings.